The van der Waals surface area contributed by atoms with E-state index in [4.69, 9.17) is 9.47 Å². The third-order valence-corrected chi connectivity index (χ3v) is 3.54. The highest BCUT2D eigenvalue weighted by Gasteiger charge is 2.06. The van der Waals surface area contributed by atoms with Crippen LogP contribution in [0.25, 0.3) is 0 Å². The predicted molar refractivity (Wildman–Crippen MR) is 85.6 cm³/mol. The molecule has 0 amide bonds. The molecule has 0 spiro atoms. The second kappa shape index (κ2) is 8.03. The number of rotatable bonds is 7. The van der Waals surface area contributed by atoms with Gasteiger partial charge in [0, 0.05) is 17.0 Å². The molecule has 2 aromatic rings. The molecule has 21 heavy (non-hydrogen) atoms. The summed E-state index contributed by atoms with van der Waals surface area (Å²) in [5.74, 6) is 1.29. The van der Waals surface area contributed by atoms with E-state index in [1.165, 1.54) is 12.1 Å². The first-order valence-corrected chi connectivity index (χ1v) is 8.04. The Bertz CT molecular complexity index is 587. The molecule has 2 nitrogen and oxygen atoms in total. The average molecular weight is 353 g/mol. The molecular weight excluding hydrogens is 335 g/mol. The minimum Gasteiger partial charge on any atom is -0.493 e. The van der Waals surface area contributed by atoms with Crippen LogP contribution in [0.3, 0.4) is 0 Å². The third-order valence-electron chi connectivity index (χ3n) is 2.94. The van der Waals surface area contributed by atoms with Crippen molar-refractivity contribution in [2.75, 3.05) is 6.61 Å². The summed E-state index contributed by atoms with van der Waals surface area (Å²) in [6.45, 7) is 3.07. The van der Waals surface area contributed by atoms with Gasteiger partial charge in [0.05, 0.1) is 6.61 Å². The van der Waals surface area contributed by atoms with Gasteiger partial charge in [0.1, 0.15) is 23.9 Å². The Balaban J connectivity index is 2.09. The average Bonchev–Trinajstić information content (AvgIpc) is 2.51. The van der Waals surface area contributed by atoms with Gasteiger partial charge in [-0.25, -0.2) is 4.39 Å². The Kier molecular flexibility index (Phi) is 6.05. The number of ether oxygens (including phenoxy) is 2. The van der Waals surface area contributed by atoms with E-state index >= 15 is 0 Å². The number of hydrogen-bond acceptors (Lipinski definition) is 2. The van der Waals surface area contributed by atoms with Crippen molar-refractivity contribution >= 4 is 15.9 Å². The summed E-state index contributed by atoms with van der Waals surface area (Å²) >= 11 is 3.44. The molecule has 0 bridgehead atoms. The van der Waals surface area contributed by atoms with Gasteiger partial charge in [0.15, 0.2) is 0 Å². The Morgan fingerprint density at radius 1 is 1.10 bits per heavy atom. The lowest BCUT2D eigenvalue weighted by molar-refractivity contribution is 0.292. The Morgan fingerprint density at radius 3 is 2.67 bits per heavy atom. The van der Waals surface area contributed by atoms with Crippen LogP contribution in [-0.2, 0) is 11.9 Å². The molecule has 0 unspecified atom stereocenters. The molecule has 2 aromatic carbocycles. The summed E-state index contributed by atoms with van der Waals surface area (Å²) in [6.07, 6.45) is 0.958. The molecule has 4 heteroatoms. The Morgan fingerprint density at radius 2 is 1.95 bits per heavy atom. The molecule has 0 aromatic heterocycles. The van der Waals surface area contributed by atoms with Gasteiger partial charge in [0.25, 0.3) is 0 Å². The molecule has 112 valence electrons. The molecule has 0 aliphatic carbocycles. The maximum atomic E-state index is 13.2. The van der Waals surface area contributed by atoms with Crippen LogP contribution in [-0.4, -0.2) is 6.61 Å². The first-order chi connectivity index (χ1) is 10.2. The van der Waals surface area contributed by atoms with E-state index in [0.29, 0.717) is 18.5 Å². The summed E-state index contributed by atoms with van der Waals surface area (Å²) in [4.78, 5) is 0. The zero-order valence-electron chi connectivity index (χ0n) is 11.9. The molecule has 0 saturated carbocycles. The van der Waals surface area contributed by atoms with Crippen LogP contribution in [0, 0.1) is 5.82 Å². The summed E-state index contributed by atoms with van der Waals surface area (Å²) in [7, 11) is 0. The molecule has 0 aliphatic heterocycles. The Hall–Kier alpha value is -1.55. The lowest BCUT2D eigenvalue weighted by Gasteiger charge is -2.13. The highest BCUT2D eigenvalue weighted by molar-refractivity contribution is 9.08. The summed E-state index contributed by atoms with van der Waals surface area (Å²) in [5.41, 5.74) is 1.84. The molecular formula is C17H18BrFO2. The standard InChI is InChI=1S/C17H18BrFO2/c1-2-8-20-16-7-6-14(11-18)17(10-16)21-12-13-4-3-5-15(19)9-13/h3-7,9-10H,2,8,11-12H2,1H3. The van der Waals surface area contributed by atoms with E-state index in [0.717, 1.165) is 29.0 Å². The summed E-state index contributed by atoms with van der Waals surface area (Å²) < 4.78 is 24.6. The third kappa shape index (κ3) is 4.74. The first-order valence-electron chi connectivity index (χ1n) is 6.92. The van der Waals surface area contributed by atoms with Crippen LogP contribution in [0.4, 0.5) is 4.39 Å². The quantitative estimate of drug-likeness (QED) is 0.646. The van der Waals surface area contributed by atoms with Gasteiger partial charge in [-0.3, -0.25) is 0 Å². The molecule has 0 heterocycles. The zero-order valence-corrected chi connectivity index (χ0v) is 13.5. The van der Waals surface area contributed by atoms with E-state index in [1.807, 2.05) is 24.3 Å². The zero-order chi connectivity index (χ0) is 15.1. The maximum Gasteiger partial charge on any atom is 0.127 e. The molecule has 0 saturated heterocycles. The van der Waals surface area contributed by atoms with Crippen molar-refractivity contribution in [1.29, 1.82) is 0 Å². The lowest BCUT2D eigenvalue weighted by atomic mass is 10.2. The smallest absolute Gasteiger partial charge is 0.127 e. The Labute approximate surface area is 133 Å². The van der Waals surface area contributed by atoms with Crippen LogP contribution < -0.4 is 9.47 Å². The van der Waals surface area contributed by atoms with Crippen LogP contribution in [0.1, 0.15) is 24.5 Å². The van der Waals surface area contributed by atoms with Crippen molar-refractivity contribution < 1.29 is 13.9 Å². The number of alkyl halides is 1. The van der Waals surface area contributed by atoms with Crippen molar-refractivity contribution in [1.82, 2.24) is 0 Å². The van der Waals surface area contributed by atoms with E-state index in [9.17, 15) is 4.39 Å². The van der Waals surface area contributed by atoms with Crippen molar-refractivity contribution in [2.45, 2.75) is 25.3 Å². The molecule has 0 aliphatic rings. The molecule has 2 rings (SSSR count). The number of halogens is 2. The van der Waals surface area contributed by atoms with Crippen LogP contribution >= 0.6 is 15.9 Å². The van der Waals surface area contributed by atoms with Crippen molar-refractivity contribution in [3.05, 3.63) is 59.4 Å². The lowest BCUT2D eigenvalue weighted by Crippen LogP contribution is -2.00. The highest BCUT2D eigenvalue weighted by Crippen LogP contribution is 2.27. The molecule has 0 fully saturated rings. The van der Waals surface area contributed by atoms with Crippen LogP contribution in [0.5, 0.6) is 11.5 Å². The second-order valence-corrected chi connectivity index (χ2v) is 5.23. The highest BCUT2D eigenvalue weighted by atomic mass is 79.9. The predicted octanol–water partition coefficient (Wildman–Crippen LogP) is 5.09. The van der Waals surface area contributed by atoms with Crippen molar-refractivity contribution in [3.8, 4) is 11.5 Å². The van der Waals surface area contributed by atoms with Gasteiger partial charge in [-0.1, -0.05) is 41.1 Å². The summed E-state index contributed by atoms with van der Waals surface area (Å²) in [5, 5.41) is 0.694. The summed E-state index contributed by atoms with van der Waals surface area (Å²) in [6, 6.07) is 12.2. The van der Waals surface area contributed by atoms with Gasteiger partial charge < -0.3 is 9.47 Å². The largest absolute Gasteiger partial charge is 0.493 e. The number of benzene rings is 2. The molecule has 0 N–H and O–H groups in total. The van der Waals surface area contributed by atoms with Crippen LogP contribution in [0.2, 0.25) is 0 Å². The monoisotopic (exact) mass is 352 g/mol. The van der Waals surface area contributed by atoms with Crippen molar-refractivity contribution in [2.24, 2.45) is 0 Å². The van der Waals surface area contributed by atoms with Gasteiger partial charge >= 0.3 is 0 Å². The van der Waals surface area contributed by atoms with E-state index in [2.05, 4.69) is 22.9 Å². The van der Waals surface area contributed by atoms with Gasteiger partial charge in [0.2, 0.25) is 0 Å². The van der Waals surface area contributed by atoms with Gasteiger partial charge in [-0.05, 0) is 30.2 Å². The normalized spacial score (nSPS) is 10.4. The maximum absolute atomic E-state index is 13.2. The van der Waals surface area contributed by atoms with E-state index in [-0.39, 0.29) is 5.82 Å². The van der Waals surface area contributed by atoms with Gasteiger partial charge in [-0.15, -0.1) is 0 Å². The second-order valence-electron chi connectivity index (χ2n) is 4.67. The van der Waals surface area contributed by atoms with E-state index < -0.39 is 0 Å². The van der Waals surface area contributed by atoms with E-state index in [1.54, 1.807) is 6.07 Å². The molecule has 0 radical (unpaired) electrons. The fourth-order valence-electron chi connectivity index (χ4n) is 1.88. The minimum atomic E-state index is -0.253. The van der Waals surface area contributed by atoms with Crippen molar-refractivity contribution in [3.63, 3.8) is 0 Å². The first kappa shape index (κ1) is 15.8. The fourth-order valence-corrected chi connectivity index (χ4v) is 2.34. The molecule has 0 atom stereocenters. The minimum absolute atomic E-state index is 0.253. The van der Waals surface area contributed by atoms with Crippen LogP contribution in [0.15, 0.2) is 42.5 Å². The fraction of sp³-hybridized carbons (Fsp3) is 0.294. The number of hydrogen-bond donors (Lipinski definition) is 0. The SMILES string of the molecule is CCCOc1ccc(CBr)c(OCc2cccc(F)c2)c1. The topological polar surface area (TPSA) is 18.5 Å². The van der Waals surface area contributed by atoms with Gasteiger partial charge in [-0.2, -0.15) is 0 Å².